The van der Waals surface area contributed by atoms with Crippen LogP contribution in [0.5, 0.6) is 0 Å². The molecule has 0 aliphatic rings. The van der Waals surface area contributed by atoms with Crippen molar-refractivity contribution in [2.24, 2.45) is 0 Å². The summed E-state index contributed by atoms with van der Waals surface area (Å²) >= 11 is 0. The highest BCUT2D eigenvalue weighted by atomic mass is 32.2. The number of sulfonamides is 1. The number of amides is 2. The van der Waals surface area contributed by atoms with E-state index < -0.39 is 34.3 Å². The molecule has 0 unspecified atom stereocenters. The predicted molar refractivity (Wildman–Crippen MR) is 133 cm³/mol. The van der Waals surface area contributed by atoms with Gasteiger partial charge in [0, 0.05) is 20.1 Å². The SMILES string of the molecule is CCCNC(=O)[C@@H](C)N(Cc1ccc(F)cc1)C(=O)CN(C)S(=O)(=O)c1ccc2ccccc2c1. The predicted octanol–water partition coefficient (Wildman–Crippen LogP) is 3.54. The highest BCUT2D eigenvalue weighted by Gasteiger charge is 2.30. The topological polar surface area (TPSA) is 86.8 Å². The summed E-state index contributed by atoms with van der Waals surface area (Å²) in [5.74, 6) is -1.30. The Morgan fingerprint density at radius 2 is 1.66 bits per heavy atom. The number of benzene rings is 3. The van der Waals surface area contributed by atoms with Gasteiger partial charge >= 0.3 is 0 Å². The van der Waals surface area contributed by atoms with Gasteiger partial charge < -0.3 is 10.2 Å². The van der Waals surface area contributed by atoms with Gasteiger partial charge in [-0.25, -0.2) is 12.8 Å². The van der Waals surface area contributed by atoms with Gasteiger partial charge in [0.05, 0.1) is 11.4 Å². The van der Waals surface area contributed by atoms with Gasteiger partial charge in [-0.1, -0.05) is 49.4 Å². The quantitative estimate of drug-likeness (QED) is 0.462. The Morgan fingerprint density at radius 3 is 2.31 bits per heavy atom. The molecule has 0 saturated carbocycles. The lowest BCUT2D eigenvalue weighted by Gasteiger charge is -2.30. The first-order chi connectivity index (χ1) is 16.6. The number of nitrogens with one attached hydrogen (secondary N) is 1. The van der Waals surface area contributed by atoms with Crippen LogP contribution < -0.4 is 5.32 Å². The second-order valence-corrected chi connectivity index (χ2v) is 10.4. The van der Waals surface area contributed by atoms with Crippen molar-refractivity contribution < 1.29 is 22.4 Å². The molecular formula is C26H30FN3O4S. The number of rotatable bonds is 10. The number of carbonyl (C=O) groups excluding carboxylic acids is 2. The van der Waals surface area contributed by atoms with Crippen molar-refractivity contribution in [3.8, 4) is 0 Å². The van der Waals surface area contributed by atoms with E-state index >= 15 is 0 Å². The van der Waals surface area contributed by atoms with Crippen LogP contribution in [0.1, 0.15) is 25.8 Å². The van der Waals surface area contributed by atoms with Crippen LogP contribution >= 0.6 is 0 Å². The number of hydrogen-bond acceptors (Lipinski definition) is 4. The van der Waals surface area contributed by atoms with Crippen molar-refractivity contribution in [1.82, 2.24) is 14.5 Å². The fraction of sp³-hybridized carbons (Fsp3) is 0.308. The third kappa shape index (κ3) is 6.43. The third-order valence-corrected chi connectivity index (χ3v) is 7.57. The van der Waals surface area contributed by atoms with Crippen molar-refractivity contribution in [1.29, 1.82) is 0 Å². The molecule has 0 aliphatic heterocycles. The van der Waals surface area contributed by atoms with Crippen molar-refractivity contribution >= 4 is 32.6 Å². The normalized spacial score (nSPS) is 12.5. The third-order valence-electron chi connectivity index (χ3n) is 5.77. The number of fused-ring (bicyclic) bond motifs is 1. The Bertz CT molecular complexity index is 1300. The van der Waals surface area contributed by atoms with Crippen LogP contribution in [-0.2, 0) is 26.2 Å². The van der Waals surface area contributed by atoms with Crippen molar-refractivity contribution in [3.05, 3.63) is 78.1 Å². The van der Waals surface area contributed by atoms with Crippen LogP contribution in [0.2, 0.25) is 0 Å². The Balaban J connectivity index is 1.83. The first-order valence-electron chi connectivity index (χ1n) is 11.4. The monoisotopic (exact) mass is 499 g/mol. The van der Waals surface area contributed by atoms with Gasteiger partial charge in [0.15, 0.2) is 0 Å². The standard InChI is InChI=1S/C26H30FN3O4S/c1-4-15-28-26(32)19(2)30(17-20-9-12-23(27)13-10-20)25(31)18-29(3)35(33,34)24-14-11-21-7-5-6-8-22(21)16-24/h5-14,16,19H,4,15,17-18H2,1-3H3,(H,28,32)/t19-/m1/s1. The molecule has 35 heavy (non-hydrogen) atoms. The van der Waals surface area contributed by atoms with Gasteiger partial charge in [-0.05, 0) is 53.9 Å². The number of halogens is 1. The fourth-order valence-electron chi connectivity index (χ4n) is 3.64. The molecule has 9 heteroatoms. The lowest BCUT2D eigenvalue weighted by Crippen LogP contribution is -2.50. The summed E-state index contributed by atoms with van der Waals surface area (Å²) in [6.07, 6.45) is 0.733. The molecule has 2 amide bonds. The smallest absolute Gasteiger partial charge is 0.243 e. The molecule has 0 aromatic heterocycles. The fourth-order valence-corrected chi connectivity index (χ4v) is 4.80. The molecule has 1 N–H and O–H groups in total. The summed E-state index contributed by atoms with van der Waals surface area (Å²) in [5.41, 5.74) is 0.620. The van der Waals surface area contributed by atoms with E-state index in [1.54, 1.807) is 19.1 Å². The molecule has 0 aliphatic carbocycles. The molecular weight excluding hydrogens is 469 g/mol. The summed E-state index contributed by atoms with van der Waals surface area (Å²) in [4.78, 5) is 27.3. The molecule has 0 bridgehead atoms. The molecule has 0 spiro atoms. The molecule has 3 aromatic carbocycles. The second-order valence-electron chi connectivity index (χ2n) is 8.39. The minimum absolute atomic E-state index is 0.0314. The summed E-state index contributed by atoms with van der Waals surface area (Å²) in [5, 5.41) is 4.44. The maximum Gasteiger partial charge on any atom is 0.243 e. The van der Waals surface area contributed by atoms with Crippen LogP contribution in [0.3, 0.4) is 0 Å². The van der Waals surface area contributed by atoms with E-state index in [1.807, 2.05) is 31.2 Å². The van der Waals surface area contributed by atoms with Gasteiger partial charge in [-0.2, -0.15) is 4.31 Å². The maximum absolute atomic E-state index is 13.4. The molecule has 1 atom stereocenters. The lowest BCUT2D eigenvalue weighted by molar-refractivity contribution is -0.140. The minimum atomic E-state index is -3.96. The maximum atomic E-state index is 13.4. The van der Waals surface area contributed by atoms with Gasteiger partial charge in [0.1, 0.15) is 11.9 Å². The van der Waals surface area contributed by atoms with Gasteiger partial charge in [0.25, 0.3) is 0 Å². The van der Waals surface area contributed by atoms with Crippen LogP contribution in [-0.4, -0.2) is 55.6 Å². The van der Waals surface area contributed by atoms with Crippen molar-refractivity contribution in [3.63, 3.8) is 0 Å². The van der Waals surface area contributed by atoms with E-state index in [-0.39, 0.29) is 17.3 Å². The van der Waals surface area contributed by atoms with E-state index in [0.717, 1.165) is 21.5 Å². The van der Waals surface area contributed by atoms with E-state index in [0.29, 0.717) is 12.1 Å². The summed E-state index contributed by atoms with van der Waals surface area (Å²) in [6.45, 7) is 3.53. The molecule has 3 aromatic rings. The van der Waals surface area contributed by atoms with Gasteiger partial charge in [0.2, 0.25) is 21.8 Å². The zero-order valence-corrected chi connectivity index (χ0v) is 20.9. The zero-order valence-electron chi connectivity index (χ0n) is 20.1. The summed E-state index contributed by atoms with van der Waals surface area (Å²) in [7, 11) is -2.63. The van der Waals surface area contributed by atoms with Crippen LogP contribution in [0.4, 0.5) is 4.39 Å². The Kier molecular flexibility index (Phi) is 8.58. The summed E-state index contributed by atoms with van der Waals surface area (Å²) in [6, 6.07) is 17.0. The van der Waals surface area contributed by atoms with Crippen LogP contribution in [0.25, 0.3) is 10.8 Å². The van der Waals surface area contributed by atoms with Gasteiger partial charge in [-0.3, -0.25) is 9.59 Å². The molecule has 186 valence electrons. The van der Waals surface area contributed by atoms with Crippen LogP contribution in [0.15, 0.2) is 71.6 Å². The van der Waals surface area contributed by atoms with Crippen molar-refractivity contribution in [2.75, 3.05) is 20.1 Å². The number of likely N-dealkylation sites (N-methyl/N-ethyl adjacent to an activating group) is 1. The highest BCUT2D eigenvalue weighted by molar-refractivity contribution is 7.89. The minimum Gasteiger partial charge on any atom is -0.354 e. The molecule has 7 nitrogen and oxygen atoms in total. The zero-order chi connectivity index (χ0) is 25.6. The molecule has 0 heterocycles. The van der Waals surface area contributed by atoms with Gasteiger partial charge in [-0.15, -0.1) is 0 Å². The number of hydrogen-bond donors (Lipinski definition) is 1. The Hall–Kier alpha value is -3.30. The first-order valence-corrected chi connectivity index (χ1v) is 12.8. The lowest BCUT2D eigenvalue weighted by atomic mass is 10.1. The Labute approximate surface area is 205 Å². The van der Waals surface area contributed by atoms with E-state index in [9.17, 15) is 22.4 Å². The number of carbonyl (C=O) groups is 2. The second kappa shape index (κ2) is 11.4. The largest absolute Gasteiger partial charge is 0.354 e. The highest BCUT2D eigenvalue weighted by Crippen LogP contribution is 2.22. The van der Waals surface area contributed by atoms with Crippen LogP contribution in [0, 0.1) is 5.82 Å². The van der Waals surface area contributed by atoms with Crippen molar-refractivity contribution in [2.45, 2.75) is 37.8 Å². The molecule has 0 radical (unpaired) electrons. The molecule has 0 saturated heterocycles. The molecule has 0 fully saturated rings. The average molecular weight is 500 g/mol. The van der Waals surface area contributed by atoms with E-state index in [1.165, 1.54) is 42.3 Å². The number of nitrogens with zero attached hydrogens (tertiary/aromatic N) is 2. The average Bonchev–Trinajstić information content (AvgIpc) is 2.85. The molecule has 3 rings (SSSR count). The first kappa shape index (κ1) is 26.3. The van der Waals surface area contributed by atoms with E-state index in [2.05, 4.69) is 5.32 Å². The van der Waals surface area contributed by atoms with E-state index in [4.69, 9.17) is 0 Å². The summed E-state index contributed by atoms with van der Waals surface area (Å²) < 4.78 is 40.8. The Morgan fingerprint density at radius 1 is 1.00 bits per heavy atom.